The van der Waals surface area contributed by atoms with Gasteiger partial charge in [0.05, 0.1) is 6.04 Å². The smallest absolute Gasteiger partial charge is 0.0661 e. The van der Waals surface area contributed by atoms with Crippen LogP contribution in [0.5, 0.6) is 0 Å². The number of hydrazine groups is 1. The van der Waals surface area contributed by atoms with Crippen LogP contribution in [0, 0.1) is 0 Å². The highest BCUT2D eigenvalue weighted by Gasteiger charge is 2.51. The molecule has 1 fully saturated rings. The summed E-state index contributed by atoms with van der Waals surface area (Å²) < 4.78 is 1.15. The highest BCUT2D eigenvalue weighted by molar-refractivity contribution is 9.10. The van der Waals surface area contributed by atoms with Crippen LogP contribution in [0.3, 0.4) is 0 Å². The van der Waals surface area contributed by atoms with Crippen molar-refractivity contribution in [2.24, 2.45) is 5.84 Å². The second-order valence-electron chi connectivity index (χ2n) is 4.75. The Hall–Kier alpha value is -0.680. The van der Waals surface area contributed by atoms with E-state index in [1.165, 1.54) is 23.3 Å². The van der Waals surface area contributed by atoms with Gasteiger partial charge < -0.3 is 0 Å². The first kappa shape index (κ1) is 12.4. The lowest BCUT2D eigenvalue weighted by Gasteiger charge is -2.26. The van der Waals surface area contributed by atoms with Crippen molar-refractivity contribution in [3.8, 4) is 0 Å². The van der Waals surface area contributed by atoms with Gasteiger partial charge in [0.25, 0.3) is 0 Å². The molecule has 3 N–H and O–H groups in total. The van der Waals surface area contributed by atoms with Gasteiger partial charge in [0.1, 0.15) is 0 Å². The van der Waals surface area contributed by atoms with Gasteiger partial charge in [0.15, 0.2) is 0 Å². The first-order valence-corrected chi connectivity index (χ1v) is 7.70. The summed E-state index contributed by atoms with van der Waals surface area (Å²) in [6.45, 7) is 0. The maximum Gasteiger partial charge on any atom is 0.0661 e. The van der Waals surface area contributed by atoms with E-state index in [-0.39, 0.29) is 11.5 Å². The van der Waals surface area contributed by atoms with Gasteiger partial charge in [-0.25, -0.2) is 0 Å². The highest BCUT2D eigenvalue weighted by atomic mass is 79.9. The minimum absolute atomic E-state index is 0.170. The van der Waals surface area contributed by atoms with E-state index in [0.29, 0.717) is 0 Å². The van der Waals surface area contributed by atoms with Crippen LogP contribution in [0.1, 0.15) is 29.3 Å². The van der Waals surface area contributed by atoms with E-state index in [1.54, 1.807) is 11.3 Å². The zero-order valence-electron chi connectivity index (χ0n) is 9.90. The molecule has 4 heteroatoms. The lowest BCUT2D eigenvalue weighted by atomic mass is 9.87. The topological polar surface area (TPSA) is 38.0 Å². The Labute approximate surface area is 119 Å². The molecule has 0 amide bonds. The molecule has 0 spiro atoms. The Morgan fingerprint density at radius 3 is 2.44 bits per heavy atom. The van der Waals surface area contributed by atoms with Crippen LogP contribution in [0.15, 0.2) is 46.3 Å². The number of benzene rings is 1. The Kier molecular flexibility index (Phi) is 3.28. The summed E-state index contributed by atoms with van der Waals surface area (Å²) in [4.78, 5) is 1.29. The Balaban J connectivity index is 2.00. The van der Waals surface area contributed by atoms with Gasteiger partial charge >= 0.3 is 0 Å². The molecule has 94 valence electrons. The standard InChI is InChI=1S/C14H15BrN2S/c15-11-6-9-18-12(11)13(17-16)14(7-8-14)10-4-2-1-3-5-10/h1-6,9,13,17H,7-8,16H2. The normalized spacial score (nSPS) is 18.6. The molecule has 3 rings (SSSR count). The summed E-state index contributed by atoms with van der Waals surface area (Å²) in [5.74, 6) is 5.83. The minimum Gasteiger partial charge on any atom is -0.271 e. The molecule has 1 atom stereocenters. The van der Waals surface area contributed by atoms with E-state index < -0.39 is 0 Å². The zero-order chi connectivity index (χ0) is 12.6. The fourth-order valence-electron chi connectivity index (χ4n) is 2.65. The summed E-state index contributed by atoms with van der Waals surface area (Å²) in [6, 6.07) is 13.0. The molecular formula is C14H15BrN2S. The minimum atomic E-state index is 0.170. The van der Waals surface area contributed by atoms with Gasteiger partial charge in [-0.15, -0.1) is 11.3 Å². The summed E-state index contributed by atoms with van der Waals surface area (Å²) in [6.07, 6.45) is 2.38. The Morgan fingerprint density at radius 1 is 1.22 bits per heavy atom. The van der Waals surface area contributed by atoms with Gasteiger partial charge in [-0.2, -0.15) is 0 Å². The van der Waals surface area contributed by atoms with Crippen LogP contribution in [-0.4, -0.2) is 0 Å². The zero-order valence-corrected chi connectivity index (χ0v) is 12.3. The monoisotopic (exact) mass is 322 g/mol. The van der Waals surface area contributed by atoms with E-state index in [1.807, 2.05) is 0 Å². The molecule has 0 radical (unpaired) electrons. The van der Waals surface area contributed by atoms with Gasteiger partial charge in [0.2, 0.25) is 0 Å². The SMILES string of the molecule is NNC(c1sccc1Br)C1(c2ccccc2)CC1. The summed E-state index contributed by atoms with van der Waals surface area (Å²) in [5, 5.41) is 2.10. The molecule has 1 unspecified atom stereocenters. The van der Waals surface area contributed by atoms with Gasteiger partial charge in [-0.3, -0.25) is 11.3 Å². The van der Waals surface area contributed by atoms with Crippen LogP contribution >= 0.6 is 27.3 Å². The molecule has 0 bridgehead atoms. The third-order valence-corrected chi connectivity index (χ3v) is 5.70. The van der Waals surface area contributed by atoms with E-state index >= 15 is 0 Å². The first-order valence-electron chi connectivity index (χ1n) is 6.02. The maximum absolute atomic E-state index is 5.83. The lowest BCUT2D eigenvalue weighted by molar-refractivity contribution is 0.444. The van der Waals surface area contributed by atoms with Crippen LogP contribution in [0.2, 0.25) is 0 Å². The van der Waals surface area contributed by atoms with Crippen molar-refractivity contribution in [1.82, 2.24) is 5.43 Å². The number of nitrogens with two attached hydrogens (primary N) is 1. The average Bonchev–Trinajstić information content (AvgIpc) is 3.10. The van der Waals surface area contributed by atoms with Crippen LogP contribution in [0.25, 0.3) is 0 Å². The predicted octanol–water partition coefficient (Wildman–Crippen LogP) is 3.75. The molecule has 2 nitrogen and oxygen atoms in total. The molecule has 1 aromatic heterocycles. The molecule has 0 aliphatic heterocycles. The number of hydrogen-bond donors (Lipinski definition) is 2. The van der Waals surface area contributed by atoms with Gasteiger partial charge in [0, 0.05) is 14.8 Å². The first-order chi connectivity index (χ1) is 8.78. The Bertz CT molecular complexity index is 534. The molecule has 0 saturated heterocycles. The molecule has 1 aromatic carbocycles. The number of thiophene rings is 1. The van der Waals surface area contributed by atoms with E-state index in [0.717, 1.165) is 4.47 Å². The van der Waals surface area contributed by atoms with E-state index in [2.05, 4.69) is 63.1 Å². The van der Waals surface area contributed by atoms with E-state index in [4.69, 9.17) is 5.84 Å². The molecule has 1 heterocycles. The highest BCUT2D eigenvalue weighted by Crippen LogP contribution is 2.57. The molecule has 2 aromatic rings. The van der Waals surface area contributed by atoms with Crippen molar-refractivity contribution in [2.75, 3.05) is 0 Å². The van der Waals surface area contributed by atoms with Crippen molar-refractivity contribution in [3.63, 3.8) is 0 Å². The predicted molar refractivity (Wildman–Crippen MR) is 79.4 cm³/mol. The van der Waals surface area contributed by atoms with Crippen LogP contribution in [0.4, 0.5) is 0 Å². The third kappa shape index (κ3) is 1.93. The second kappa shape index (κ2) is 4.78. The van der Waals surface area contributed by atoms with Crippen molar-refractivity contribution >= 4 is 27.3 Å². The maximum atomic E-state index is 5.83. The summed E-state index contributed by atoms with van der Waals surface area (Å²) in [7, 11) is 0. The largest absolute Gasteiger partial charge is 0.271 e. The Morgan fingerprint density at radius 2 is 1.94 bits per heavy atom. The second-order valence-corrected chi connectivity index (χ2v) is 6.56. The number of halogens is 1. The molecule has 1 aliphatic rings. The van der Waals surface area contributed by atoms with E-state index in [9.17, 15) is 0 Å². The van der Waals surface area contributed by atoms with Gasteiger partial charge in [-0.05, 0) is 45.8 Å². The number of rotatable bonds is 4. The average molecular weight is 323 g/mol. The molecule has 18 heavy (non-hydrogen) atoms. The summed E-state index contributed by atoms with van der Waals surface area (Å²) >= 11 is 5.37. The third-order valence-electron chi connectivity index (χ3n) is 3.76. The molecule has 1 saturated carbocycles. The van der Waals surface area contributed by atoms with Crippen LogP contribution in [-0.2, 0) is 5.41 Å². The van der Waals surface area contributed by atoms with Crippen molar-refractivity contribution < 1.29 is 0 Å². The van der Waals surface area contributed by atoms with Crippen molar-refractivity contribution in [2.45, 2.75) is 24.3 Å². The lowest BCUT2D eigenvalue weighted by Crippen LogP contribution is -2.36. The fraction of sp³-hybridized carbons (Fsp3) is 0.286. The molecular weight excluding hydrogens is 308 g/mol. The van der Waals surface area contributed by atoms with Crippen molar-refractivity contribution in [1.29, 1.82) is 0 Å². The number of hydrogen-bond acceptors (Lipinski definition) is 3. The number of nitrogens with one attached hydrogen (secondary N) is 1. The summed E-state index contributed by atoms with van der Waals surface area (Å²) in [5.41, 5.74) is 4.58. The molecule has 1 aliphatic carbocycles. The van der Waals surface area contributed by atoms with Crippen molar-refractivity contribution in [3.05, 3.63) is 56.7 Å². The quantitative estimate of drug-likeness (QED) is 0.664. The van der Waals surface area contributed by atoms with Gasteiger partial charge in [-0.1, -0.05) is 30.3 Å². The van der Waals surface area contributed by atoms with Crippen LogP contribution < -0.4 is 11.3 Å². The fourth-order valence-corrected chi connectivity index (χ4v) is 4.42.